The van der Waals surface area contributed by atoms with Crippen molar-refractivity contribution in [2.24, 2.45) is 5.92 Å². The molecule has 2 aliphatic rings. The second kappa shape index (κ2) is 11.8. The van der Waals surface area contributed by atoms with E-state index in [0.29, 0.717) is 40.1 Å². The molecular formula is C31H33F3N6O3. The molecule has 0 radical (unpaired) electrons. The molecule has 0 spiro atoms. The van der Waals surface area contributed by atoms with Crippen molar-refractivity contribution < 1.29 is 27.8 Å². The lowest BCUT2D eigenvalue weighted by Gasteiger charge is -2.32. The SMILES string of the molecule is C[C@@H](Nc1nc(C(=O)O)nc2nc(-c3cc(OC4CCCCC4)ccn3)n(Cc3ccc(C(F)(F)F)cc3)c12)C1CCC1. The molecule has 0 amide bonds. The van der Waals surface area contributed by atoms with Crippen LogP contribution in [0.3, 0.4) is 0 Å². The molecule has 2 fully saturated rings. The van der Waals surface area contributed by atoms with Gasteiger partial charge in [0.25, 0.3) is 0 Å². The molecule has 12 heteroatoms. The van der Waals surface area contributed by atoms with Crippen LogP contribution in [0.2, 0.25) is 0 Å². The first-order valence-corrected chi connectivity index (χ1v) is 14.7. The Kier molecular flexibility index (Phi) is 7.93. The summed E-state index contributed by atoms with van der Waals surface area (Å²) in [6.07, 6.45) is 5.92. The van der Waals surface area contributed by atoms with Crippen molar-refractivity contribution in [3.05, 3.63) is 59.5 Å². The minimum Gasteiger partial charge on any atom is -0.490 e. The Balaban J connectivity index is 1.46. The van der Waals surface area contributed by atoms with Crippen molar-refractivity contribution >= 4 is 23.0 Å². The van der Waals surface area contributed by atoms with E-state index in [4.69, 9.17) is 9.72 Å². The Hall–Kier alpha value is -4.22. The standard InChI is InChI=1S/C31H33F3N6O3/c1-18(20-6-5-7-20)36-26-25-27(38-28(37-26)30(41)42)39-29(40(25)17-19-10-12-21(13-11-19)31(32,33)34)24-16-23(14-15-35-24)43-22-8-3-2-4-9-22/h10-16,18,20,22H,2-9,17H2,1H3,(H,41,42)(H,36,37,38)/t18-/m1/s1. The largest absolute Gasteiger partial charge is 0.490 e. The topological polar surface area (TPSA) is 115 Å². The number of rotatable bonds is 9. The summed E-state index contributed by atoms with van der Waals surface area (Å²) in [4.78, 5) is 29.8. The van der Waals surface area contributed by atoms with Crippen molar-refractivity contribution in [1.82, 2.24) is 24.5 Å². The number of nitrogens with zero attached hydrogens (tertiary/aromatic N) is 5. The highest BCUT2D eigenvalue weighted by Gasteiger charge is 2.31. The van der Waals surface area contributed by atoms with Crippen LogP contribution in [0.15, 0.2) is 42.6 Å². The van der Waals surface area contributed by atoms with Crippen LogP contribution in [0, 0.1) is 5.92 Å². The summed E-state index contributed by atoms with van der Waals surface area (Å²) in [6, 6.07) is 8.52. The third kappa shape index (κ3) is 6.28. The van der Waals surface area contributed by atoms with Crippen molar-refractivity contribution in [3.8, 4) is 17.3 Å². The molecule has 9 nitrogen and oxygen atoms in total. The van der Waals surface area contributed by atoms with Gasteiger partial charge in [-0.2, -0.15) is 13.2 Å². The zero-order valence-corrected chi connectivity index (χ0v) is 23.8. The monoisotopic (exact) mass is 594 g/mol. The van der Waals surface area contributed by atoms with Crippen LogP contribution in [-0.2, 0) is 12.7 Å². The molecule has 2 saturated carbocycles. The van der Waals surface area contributed by atoms with Gasteiger partial charge in [-0.05, 0) is 75.1 Å². The maximum Gasteiger partial charge on any atom is 0.416 e. The Bertz CT molecular complexity index is 1610. The first kappa shape index (κ1) is 28.9. The summed E-state index contributed by atoms with van der Waals surface area (Å²) < 4.78 is 47.8. The van der Waals surface area contributed by atoms with Crippen LogP contribution < -0.4 is 10.1 Å². The number of aromatic carboxylic acids is 1. The first-order chi connectivity index (χ1) is 20.7. The smallest absolute Gasteiger partial charge is 0.416 e. The van der Waals surface area contributed by atoms with Crippen LogP contribution in [0.1, 0.15) is 80.0 Å². The molecule has 0 bridgehead atoms. The van der Waals surface area contributed by atoms with Gasteiger partial charge in [0.2, 0.25) is 5.82 Å². The van der Waals surface area contributed by atoms with E-state index in [1.807, 2.05) is 6.92 Å². The first-order valence-electron chi connectivity index (χ1n) is 14.7. The second-order valence-corrected chi connectivity index (χ2v) is 11.5. The van der Waals surface area contributed by atoms with Crippen LogP contribution in [0.5, 0.6) is 5.75 Å². The summed E-state index contributed by atoms with van der Waals surface area (Å²) in [5.74, 6) is 0.0471. The van der Waals surface area contributed by atoms with E-state index in [0.717, 1.165) is 57.1 Å². The number of anilines is 1. The highest BCUT2D eigenvalue weighted by Crippen LogP contribution is 2.35. The van der Waals surface area contributed by atoms with Crippen molar-refractivity contribution in [1.29, 1.82) is 0 Å². The number of carboxylic acid groups (broad SMARTS) is 1. The number of alkyl halides is 3. The van der Waals surface area contributed by atoms with Gasteiger partial charge in [0, 0.05) is 24.8 Å². The zero-order chi connectivity index (χ0) is 30.1. The van der Waals surface area contributed by atoms with Crippen LogP contribution in [0.25, 0.3) is 22.7 Å². The van der Waals surface area contributed by atoms with Crippen molar-refractivity contribution in [2.45, 2.75) is 83.2 Å². The van der Waals surface area contributed by atoms with Gasteiger partial charge < -0.3 is 19.7 Å². The number of hydrogen-bond donors (Lipinski definition) is 2. The lowest BCUT2D eigenvalue weighted by molar-refractivity contribution is -0.137. The van der Waals surface area contributed by atoms with Gasteiger partial charge in [0.15, 0.2) is 17.3 Å². The van der Waals surface area contributed by atoms with Gasteiger partial charge >= 0.3 is 12.1 Å². The Morgan fingerprint density at radius 3 is 2.44 bits per heavy atom. The number of imidazole rings is 1. The molecule has 1 atom stereocenters. The molecule has 6 rings (SSSR count). The fourth-order valence-corrected chi connectivity index (χ4v) is 5.82. The average molecular weight is 595 g/mol. The fourth-order valence-electron chi connectivity index (χ4n) is 5.82. The molecule has 0 unspecified atom stereocenters. The third-order valence-electron chi connectivity index (χ3n) is 8.45. The molecule has 2 N–H and O–H groups in total. The minimum absolute atomic E-state index is 0.0108. The van der Waals surface area contributed by atoms with Gasteiger partial charge in [-0.3, -0.25) is 4.98 Å². The van der Waals surface area contributed by atoms with E-state index < -0.39 is 23.5 Å². The molecular weight excluding hydrogens is 561 g/mol. The maximum absolute atomic E-state index is 13.3. The molecule has 4 aromatic rings. The van der Waals surface area contributed by atoms with Gasteiger partial charge in [0.05, 0.1) is 11.7 Å². The maximum atomic E-state index is 13.3. The normalized spacial score (nSPS) is 17.0. The molecule has 43 heavy (non-hydrogen) atoms. The number of hydrogen-bond acceptors (Lipinski definition) is 7. The number of carbonyl (C=O) groups is 1. The molecule has 3 heterocycles. The van der Waals surface area contributed by atoms with Gasteiger partial charge in [-0.1, -0.05) is 25.0 Å². The van der Waals surface area contributed by atoms with Gasteiger partial charge in [0.1, 0.15) is 17.0 Å². The van der Waals surface area contributed by atoms with E-state index >= 15 is 0 Å². The molecule has 1 aromatic carbocycles. The van der Waals surface area contributed by atoms with E-state index in [9.17, 15) is 23.1 Å². The number of ether oxygens (including phenoxy) is 1. The summed E-state index contributed by atoms with van der Waals surface area (Å²) in [6.45, 7) is 2.16. The Morgan fingerprint density at radius 2 is 1.79 bits per heavy atom. The molecule has 226 valence electrons. The van der Waals surface area contributed by atoms with E-state index in [1.54, 1.807) is 22.9 Å². The van der Waals surface area contributed by atoms with Gasteiger partial charge in [-0.15, -0.1) is 0 Å². The van der Waals surface area contributed by atoms with Crippen LogP contribution >= 0.6 is 0 Å². The number of fused-ring (bicyclic) bond motifs is 1. The van der Waals surface area contributed by atoms with Crippen LogP contribution in [-0.4, -0.2) is 47.7 Å². The van der Waals surface area contributed by atoms with E-state index in [1.165, 1.54) is 18.6 Å². The Morgan fingerprint density at radius 1 is 1.05 bits per heavy atom. The number of benzene rings is 1. The predicted molar refractivity (Wildman–Crippen MR) is 154 cm³/mol. The summed E-state index contributed by atoms with van der Waals surface area (Å²) >= 11 is 0. The lowest BCUT2D eigenvalue weighted by Crippen LogP contribution is -2.31. The lowest BCUT2D eigenvalue weighted by atomic mass is 9.80. The molecule has 3 aromatic heterocycles. The van der Waals surface area contributed by atoms with Gasteiger partial charge in [-0.25, -0.2) is 19.7 Å². The van der Waals surface area contributed by atoms with Crippen molar-refractivity contribution in [3.63, 3.8) is 0 Å². The summed E-state index contributed by atoms with van der Waals surface area (Å²) in [5.41, 5.74) is 0.911. The second-order valence-electron chi connectivity index (χ2n) is 11.5. The zero-order valence-electron chi connectivity index (χ0n) is 23.8. The number of halogens is 3. The number of pyridine rings is 1. The van der Waals surface area contributed by atoms with E-state index in [2.05, 4.69) is 20.3 Å². The van der Waals surface area contributed by atoms with Crippen molar-refractivity contribution in [2.75, 3.05) is 5.32 Å². The molecule has 0 saturated heterocycles. The number of aromatic nitrogens is 5. The summed E-state index contributed by atoms with van der Waals surface area (Å²) in [5, 5.41) is 13.2. The quantitative estimate of drug-likeness (QED) is 0.214. The highest BCUT2D eigenvalue weighted by molar-refractivity contribution is 5.92. The number of nitrogens with one attached hydrogen (secondary N) is 1. The number of carboxylic acids is 1. The van der Waals surface area contributed by atoms with E-state index in [-0.39, 0.29) is 24.3 Å². The predicted octanol–water partition coefficient (Wildman–Crippen LogP) is 6.97. The Labute approximate surface area is 246 Å². The minimum atomic E-state index is -4.45. The highest BCUT2D eigenvalue weighted by atomic mass is 19.4. The fraction of sp³-hybridized carbons (Fsp3) is 0.452. The molecule has 2 aliphatic carbocycles. The average Bonchev–Trinajstić information content (AvgIpc) is 3.31. The third-order valence-corrected chi connectivity index (χ3v) is 8.45. The van der Waals surface area contributed by atoms with Crippen LogP contribution in [0.4, 0.5) is 19.0 Å². The summed E-state index contributed by atoms with van der Waals surface area (Å²) in [7, 11) is 0. The molecule has 0 aliphatic heterocycles.